The third kappa shape index (κ3) is 4.87. The Morgan fingerprint density at radius 1 is 1.32 bits per heavy atom. The van der Waals surface area contributed by atoms with E-state index in [2.05, 4.69) is 72.1 Å². The Balaban J connectivity index is 1.55. The molecule has 1 aromatic carbocycles. The summed E-state index contributed by atoms with van der Waals surface area (Å²) in [6.45, 7) is 3.59. The lowest BCUT2D eigenvalue weighted by molar-refractivity contribution is 0.0396. The third-order valence-electron chi connectivity index (χ3n) is 6.52. The van der Waals surface area contributed by atoms with Gasteiger partial charge in [-0.25, -0.2) is 0 Å². The van der Waals surface area contributed by atoms with Crippen LogP contribution in [0, 0.1) is 0 Å². The first-order chi connectivity index (χ1) is 15.0. The maximum absolute atomic E-state index is 6.53. The number of nitrogens with one attached hydrogen (secondary N) is 2. The molecule has 7 heteroatoms. The molecule has 2 N–H and O–H groups in total. The van der Waals surface area contributed by atoms with Gasteiger partial charge in [0.15, 0.2) is 5.96 Å². The zero-order chi connectivity index (χ0) is 21.8. The summed E-state index contributed by atoms with van der Waals surface area (Å²) in [6.07, 6.45) is 9.75. The molecule has 4 rings (SSSR count). The van der Waals surface area contributed by atoms with Gasteiger partial charge in [0.1, 0.15) is 11.4 Å². The molecule has 31 heavy (non-hydrogen) atoms. The van der Waals surface area contributed by atoms with Crippen molar-refractivity contribution in [2.24, 2.45) is 12.0 Å². The summed E-state index contributed by atoms with van der Waals surface area (Å²) in [5.41, 5.74) is 2.36. The number of benzene rings is 1. The Morgan fingerprint density at radius 3 is 2.77 bits per heavy atom. The minimum atomic E-state index is -0.0365. The lowest BCUT2D eigenvalue weighted by Gasteiger charge is -2.40. The molecule has 168 valence electrons. The van der Waals surface area contributed by atoms with Gasteiger partial charge in [0.05, 0.1) is 24.8 Å². The lowest BCUT2D eigenvalue weighted by atomic mass is 9.86. The van der Waals surface area contributed by atoms with Crippen LogP contribution in [0.25, 0.3) is 0 Å². The molecule has 1 saturated carbocycles. The number of guanidine groups is 1. The van der Waals surface area contributed by atoms with E-state index in [4.69, 9.17) is 9.73 Å². The minimum absolute atomic E-state index is 0.0365. The van der Waals surface area contributed by atoms with E-state index in [-0.39, 0.29) is 17.7 Å². The molecule has 2 heterocycles. The second-order valence-corrected chi connectivity index (χ2v) is 9.08. The number of nitrogens with zero attached hydrogens (tertiary/aromatic N) is 4. The van der Waals surface area contributed by atoms with Gasteiger partial charge in [0.2, 0.25) is 0 Å². The summed E-state index contributed by atoms with van der Waals surface area (Å²) in [7, 11) is 6.13. The monoisotopic (exact) mass is 424 g/mol. The van der Waals surface area contributed by atoms with Gasteiger partial charge in [0, 0.05) is 37.3 Å². The Morgan fingerprint density at radius 2 is 2.10 bits per heavy atom. The van der Waals surface area contributed by atoms with Crippen molar-refractivity contribution >= 4 is 5.96 Å². The van der Waals surface area contributed by atoms with Crippen molar-refractivity contribution in [3.63, 3.8) is 0 Å². The number of aryl methyl sites for hydroxylation is 1. The van der Waals surface area contributed by atoms with Gasteiger partial charge in [-0.05, 0) is 52.8 Å². The van der Waals surface area contributed by atoms with E-state index < -0.39 is 0 Å². The van der Waals surface area contributed by atoms with Crippen LogP contribution in [-0.4, -0.2) is 53.4 Å². The molecule has 1 spiro atoms. The number of ether oxygens (including phenoxy) is 1. The molecule has 1 aliphatic heterocycles. The smallest absolute Gasteiger partial charge is 0.191 e. The standard InChI is InChI=1S/C24H36N6O/c1-5-25-23(26-16-21(29(2)3)18-15-27-30(4)17-18)28-20-14-24(12-8-9-13-24)31-22-11-7-6-10-19(20)22/h6-7,10-11,15,17,20-21H,5,8-9,12-14,16H2,1-4H3,(H2,25,26,28). The number of aliphatic imine (C=N–C) groups is 1. The van der Waals surface area contributed by atoms with Gasteiger partial charge in [-0.15, -0.1) is 0 Å². The van der Waals surface area contributed by atoms with E-state index in [1.54, 1.807) is 0 Å². The van der Waals surface area contributed by atoms with Crippen LogP contribution in [0.1, 0.15) is 62.2 Å². The fourth-order valence-electron chi connectivity index (χ4n) is 4.91. The Bertz CT molecular complexity index is 899. The van der Waals surface area contributed by atoms with Crippen LogP contribution in [0.2, 0.25) is 0 Å². The van der Waals surface area contributed by atoms with E-state index in [0.717, 1.165) is 37.5 Å². The highest BCUT2D eigenvalue weighted by molar-refractivity contribution is 5.80. The third-order valence-corrected chi connectivity index (χ3v) is 6.52. The molecule has 2 aliphatic rings. The highest BCUT2D eigenvalue weighted by Gasteiger charge is 2.43. The van der Waals surface area contributed by atoms with E-state index in [0.29, 0.717) is 6.54 Å². The topological polar surface area (TPSA) is 66.7 Å². The zero-order valence-corrected chi connectivity index (χ0v) is 19.3. The largest absolute Gasteiger partial charge is 0.487 e. The molecule has 0 radical (unpaired) electrons. The lowest BCUT2D eigenvalue weighted by Crippen LogP contribution is -2.46. The summed E-state index contributed by atoms with van der Waals surface area (Å²) >= 11 is 0. The van der Waals surface area contributed by atoms with E-state index in [1.807, 2.05) is 17.9 Å². The highest BCUT2D eigenvalue weighted by atomic mass is 16.5. The van der Waals surface area contributed by atoms with Gasteiger partial charge in [-0.3, -0.25) is 9.67 Å². The fraction of sp³-hybridized carbons (Fsp3) is 0.583. The normalized spacial score (nSPS) is 21.1. The second kappa shape index (κ2) is 9.30. The zero-order valence-electron chi connectivity index (χ0n) is 19.3. The molecule has 1 aliphatic carbocycles. The predicted molar refractivity (Wildman–Crippen MR) is 124 cm³/mol. The molecule has 0 saturated heterocycles. The predicted octanol–water partition coefficient (Wildman–Crippen LogP) is 3.41. The quantitative estimate of drug-likeness (QED) is 0.549. The first-order valence-electron chi connectivity index (χ1n) is 11.5. The van der Waals surface area contributed by atoms with Gasteiger partial charge in [-0.1, -0.05) is 18.2 Å². The van der Waals surface area contributed by atoms with Gasteiger partial charge in [0.25, 0.3) is 0 Å². The molecule has 2 unspecified atom stereocenters. The van der Waals surface area contributed by atoms with Gasteiger partial charge in [-0.2, -0.15) is 5.10 Å². The number of fused-ring (bicyclic) bond motifs is 1. The number of para-hydroxylation sites is 1. The molecule has 0 amide bonds. The van der Waals surface area contributed by atoms with Crippen LogP contribution in [0.5, 0.6) is 5.75 Å². The van der Waals surface area contributed by atoms with Crippen LogP contribution < -0.4 is 15.4 Å². The van der Waals surface area contributed by atoms with Crippen LogP contribution >= 0.6 is 0 Å². The van der Waals surface area contributed by atoms with Crippen LogP contribution in [0.3, 0.4) is 0 Å². The SMILES string of the molecule is CCNC(=NCC(c1cnn(C)c1)N(C)C)NC1CC2(CCCC2)Oc2ccccc21. The summed E-state index contributed by atoms with van der Waals surface area (Å²) in [5.74, 6) is 1.87. The Labute approximate surface area is 185 Å². The van der Waals surface area contributed by atoms with Crippen molar-refractivity contribution in [2.75, 3.05) is 27.2 Å². The molecule has 2 aromatic rings. The fourth-order valence-corrected chi connectivity index (χ4v) is 4.91. The van der Waals surface area contributed by atoms with Crippen molar-refractivity contribution in [2.45, 2.75) is 56.7 Å². The Hall–Kier alpha value is -2.54. The number of hydrogen-bond donors (Lipinski definition) is 2. The molecule has 0 bridgehead atoms. The van der Waals surface area contributed by atoms with E-state index in [9.17, 15) is 0 Å². The van der Waals surface area contributed by atoms with Crippen molar-refractivity contribution in [3.05, 3.63) is 47.8 Å². The summed E-state index contributed by atoms with van der Waals surface area (Å²) in [5, 5.41) is 11.5. The van der Waals surface area contributed by atoms with Crippen molar-refractivity contribution < 1.29 is 4.74 Å². The summed E-state index contributed by atoms with van der Waals surface area (Å²) in [6, 6.07) is 8.81. The van der Waals surface area contributed by atoms with Crippen molar-refractivity contribution in [1.82, 2.24) is 25.3 Å². The number of hydrogen-bond acceptors (Lipinski definition) is 4. The average molecular weight is 425 g/mol. The highest BCUT2D eigenvalue weighted by Crippen LogP contribution is 2.46. The minimum Gasteiger partial charge on any atom is -0.487 e. The average Bonchev–Trinajstić information content (AvgIpc) is 3.37. The number of aromatic nitrogens is 2. The molecular formula is C24H36N6O. The first kappa shape index (κ1) is 21.7. The second-order valence-electron chi connectivity index (χ2n) is 9.08. The molecular weight excluding hydrogens is 388 g/mol. The van der Waals surface area contributed by atoms with Crippen LogP contribution in [-0.2, 0) is 7.05 Å². The summed E-state index contributed by atoms with van der Waals surface area (Å²) in [4.78, 5) is 7.17. The summed E-state index contributed by atoms with van der Waals surface area (Å²) < 4.78 is 8.37. The maximum atomic E-state index is 6.53. The number of likely N-dealkylation sites (N-methyl/N-ethyl adjacent to an activating group) is 1. The van der Waals surface area contributed by atoms with Crippen molar-refractivity contribution in [3.8, 4) is 5.75 Å². The molecule has 2 atom stereocenters. The molecule has 1 aromatic heterocycles. The van der Waals surface area contributed by atoms with Gasteiger partial charge >= 0.3 is 0 Å². The molecule has 7 nitrogen and oxygen atoms in total. The van der Waals surface area contributed by atoms with E-state index in [1.165, 1.54) is 24.0 Å². The van der Waals surface area contributed by atoms with E-state index >= 15 is 0 Å². The Kier molecular flexibility index (Phi) is 6.51. The van der Waals surface area contributed by atoms with Crippen LogP contribution in [0.4, 0.5) is 0 Å². The first-order valence-corrected chi connectivity index (χ1v) is 11.5. The molecule has 1 fully saturated rings. The van der Waals surface area contributed by atoms with Crippen molar-refractivity contribution in [1.29, 1.82) is 0 Å². The maximum Gasteiger partial charge on any atom is 0.191 e. The van der Waals surface area contributed by atoms with Gasteiger partial charge < -0.3 is 20.3 Å². The van der Waals surface area contributed by atoms with Crippen LogP contribution in [0.15, 0.2) is 41.7 Å². The number of rotatable bonds is 6.